The van der Waals surface area contributed by atoms with Crippen molar-refractivity contribution >= 4 is 18.7 Å². The lowest BCUT2D eigenvalue weighted by Gasteiger charge is -2.08. The van der Waals surface area contributed by atoms with Gasteiger partial charge in [-0.3, -0.25) is 0 Å². The number of methoxy groups -OCH3 is 2. The van der Waals surface area contributed by atoms with Crippen LogP contribution in [-0.4, -0.2) is 32.3 Å². The molecule has 0 rings (SSSR count). The molecule has 0 heterocycles. The summed E-state index contributed by atoms with van der Waals surface area (Å²) in [7, 11) is 2.81. The number of nitrogens with one attached hydrogen (secondary N) is 1. The second-order valence-corrected chi connectivity index (χ2v) is 2.14. The van der Waals surface area contributed by atoms with Gasteiger partial charge in [0.25, 0.3) is 0 Å². The van der Waals surface area contributed by atoms with Gasteiger partial charge in [0, 0.05) is 7.11 Å². The molecule has 4 nitrogen and oxygen atoms in total. The van der Waals surface area contributed by atoms with E-state index in [1.54, 1.807) is 0 Å². The highest BCUT2D eigenvalue weighted by Gasteiger charge is 2.02. The molecule has 0 aliphatic carbocycles. The van der Waals surface area contributed by atoms with Crippen molar-refractivity contribution in [3.63, 3.8) is 0 Å². The van der Waals surface area contributed by atoms with E-state index in [0.717, 1.165) is 0 Å². The van der Waals surface area contributed by atoms with E-state index < -0.39 is 6.09 Å². The van der Waals surface area contributed by atoms with Crippen molar-refractivity contribution in [1.82, 2.24) is 5.32 Å². The molecule has 0 saturated carbocycles. The molecule has 60 valence electrons. The van der Waals surface area contributed by atoms with Crippen LogP contribution in [0.1, 0.15) is 0 Å². The van der Waals surface area contributed by atoms with Gasteiger partial charge in [-0.1, -0.05) is 0 Å². The first-order chi connectivity index (χ1) is 4.70. The van der Waals surface area contributed by atoms with E-state index in [1.807, 2.05) is 0 Å². The average molecular weight is 165 g/mol. The molecule has 1 atom stereocenters. The normalized spacial score (nSPS) is 12.3. The minimum Gasteiger partial charge on any atom is -0.453 e. The Hall–Kier alpha value is -0.420. The third kappa shape index (κ3) is 4.46. The topological polar surface area (TPSA) is 47.6 Å². The summed E-state index contributed by atoms with van der Waals surface area (Å²) in [6.07, 6.45) is -0.476. The molecule has 0 aromatic carbocycles. The van der Waals surface area contributed by atoms with E-state index in [1.165, 1.54) is 14.2 Å². The van der Waals surface area contributed by atoms with Crippen molar-refractivity contribution in [1.29, 1.82) is 0 Å². The quantitative estimate of drug-likeness (QED) is 0.465. The van der Waals surface area contributed by atoms with Gasteiger partial charge in [-0.25, -0.2) is 4.79 Å². The van der Waals surface area contributed by atoms with Crippen LogP contribution in [0.2, 0.25) is 0 Å². The van der Waals surface area contributed by atoms with Crippen molar-refractivity contribution in [2.24, 2.45) is 0 Å². The number of rotatable bonds is 3. The lowest BCUT2D eigenvalue weighted by Crippen LogP contribution is -2.30. The van der Waals surface area contributed by atoms with E-state index in [9.17, 15) is 4.79 Å². The number of amides is 1. The van der Waals surface area contributed by atoms with Gasteiger partial charge in [0.05, 0.1) is 13.7 Å². The number of hydrogen-bond donors (Lipinski definition) is 2. The van der Waals surface area contributed by atoms with Crippen LogP contribution in [0.15, 0.2) is 0 Å². The molecule has 0 aromatic rings. The number of hydrogen-bond acceptors (Lipinski definition) is 4. The van der Waals surface area contributed by atoms with E-state index in [-0.39, 0.29) is 5.44 Å². The van der Waals surface area contributed by atoms with Crippen LogP contribution in [0.5, 0.6) is 0 Å². The molecule has 0 aliphatic rings. The summed E-state index contributed by atoms with van der Waals surface area (Å²) >= 11 is 3.95. The zero-order chi connectivity index (χ0) is 7.98. The van der Waals surface area contributed by atoms with Gasteiger partial charge in [-0.2, -0.15) is 0 Å². The van der Waals surface area contributed by atoms with E-state index in [0.29, 0.717) is 6.54 Å². The summed E-state index contributed by atoms with van der Waals surface area (Å²) in [6.45, 7) is 0.340. The van der Waals surface area contributed by atoms with Gasteiger partial charge in [0.2, 0.25) is 0 Å². The second-order valence-electron chi connectivity index (χ2n) is 1.56. The fraction of sp³-hybridized carbons (Fsp3) is 0.800. The third-order valence-corrected chi connectivity index (χ3v) is 1.27. The average Bonchev–Trinajstić information content (AvgIpc) is 1.99. The standard InChI is InChI=1S/C5H11NO3S/c1-8-4(10)3-6-5(7)9-2/h4,10H,3H2,1-2H3,(H,6,7). The Balaban J connectivity index is 3.26. The fourth-order valence-corrected chi connectivity index (χ4v) is 0.417. The largest absolute Gasteiger partial charge is 0.453 e. The molecular formula is C5H11NO3S. The molecule has 10 heavy (non-hydrogen) atoms. The van der Waals surface area contributed by atoms with E-state index in [2.05, 4.69) is 22.7 Å². The molecule has 0 aromatic heterocycles. The van der Waals surface area contributed by atoms with Crippen LogP contribution >= 0.6 is 12.6 Å². The van der Waals surface area contributed by atoms with Crippen LogP contribution in [-0.2, 0) is 9.47 Å². The monoisotopic (exact) mass is 165 g/mol. The predicted octanol–water partition coefficient (Wildman–Crippen LogP) is 0.245. The van der Waals surface area contributed by atoms with Gasteiger partial charge >= 0.3 is 6.09 Å². The highest BCUT2D eigenvalue weighted by Crippen LogP contribution is 1.91. The molecule has 1 unspecified atom stereocenters. The summed E-state index contributed by atoms with van der Waals surface area (Å²) in [5.41, 5.74) is -0.279. The molecule has 1 amide bonds. The van der Waals surface area contributed by atoms with Crippen molar-refractivity contribution in [2.75, 3.05) is 20.8 Å². The van der Waals surface area contributed by atoms with Crippen LogP contribution < -0.4 is 5.32 Å². The first-order valence-corrected chi connectivity index (χ1v) is 3.25. The summed E-state index contributed by atoms with van der Waals surface area (Å²) in [5, 5.41) is 2.42. The van der Waals surface area contributed by atoms with E-state index in [4.69, 9.17) is 4.74 Å². The van der Waals surface area contributed by atoms with Crippen molar-refractivity contribution in [3.8, 4) is 0 Å². The maximum atomic E-state index is 10.4. The second kappa shape index (κ2) is 5.37. The zero-order valence-corrected chi connectivity index (χ0v) is 6.85. The summed E-state index contributed by atoms with van der Waals surface area (Å²) in [6, 6.07) is 0. The minimum atomic E-state index is -0.476. The molecule has 1 N–H and O–H groups in total. The lowest BCUT2D eigenvalue weighted by molar-refractivity contribution is 0.150. The van der Waals surface area contributed by atoms with Gasteiger partial charge in [0.1, 0.15) is 5.44 Å². The number of thiol groups is 1. The van der Waals surface area contributed by atoms with Crippen LogP contribution in [0.25, 0.3) is 0 Å². The highest BCUT2D eigenvalue weighted by atomic mass is 32.1. The molecule has 0 bridgehead atoms. The Bertz CT molecular complexity index is 109. The number of alkyl carbamates (subject to hydrolysis) is 1. The maximum Gasteiger partial charge on any atom is 0.406 e. The maximum absolute atomic E-state index is 10.4. The van der Waals surface area contributed by atoms with Crippen molar-refractivity contribution < 1.29 is 14.3 Å². The summed E-state index contributed by atoms with van der Waals surface area (Å²) in [4.78, 5) is 10.4. The molecule has 0 saturated heterocycles. The molecule has 5 heteroatoms. The first-order valence-electron chi connectivity index (χ1n) is 2.73. The number of carbonyl (C=O) groups is 1. The molecule has 0 spiro atoms. The molecular weight excluding hydrogens is 154 g/mol. The molecule has 0 fully saturated rings. The Morgan fingerprint density at radius 1 is 1.70 bits per heavy atom. The van der Waals surface area contributed by atoms with Gasteiger partial charge in [-0.05, 0) is 0 Å². The molecule has 0 radical (unpaired) electrons. The Morgan fingerprint density at radius 3 is 2.70 bits per heavy atom. The number of carbonyl (C=O) groups excluding carboxylic acids is 1. The van der Waals surface area contributed by atoms with Crippen LogP contribution in [0.3, 0.4) is 0 Å². The Morgan fingerprint density at radius 2 is 2.30 bits per heavy atom. The van der Waals surface area contributed by atoms with Crippen molar-refractivity contribution in [2.45, 2.75) is 5.44 Å². The van der Waals surface area contributed by atoms with Crippen molar-refractivity contribution in [3.05, 3.63) is 0 Å². The number of ether oxygens (including phenoxy) is 2. The molecule has 0 aliphatic heterocycles. The zero-order valence-electron chi connectivity index (χ0n) is 5.96. The van der Waals surface area contributed by atoms with Gasteiger partial charge in [-0.15, -0.1) is 12.6 Å². The van der Waals surface area contributed by atoms with E-state index >= 15 is 0 Å². The predicted molar refractivity (Wildman–Crippen MR) is 40.2 cm³/mol. The Labute approximate surface area is 65.3 Å². The van der Waals surface area contributed by atoms with Gasteiger partial charge in [0.15, 0.2) is 0 Å². The fourth-order valence-electron chi connectivity index (χ4n) is 0.326. The summed E-state index contributed by atoms with van der Waals surface area (Å²) < 4.78 is 9.04. The van der Waals surface area contributed by atoms with Gasteiger partial charge < -0.3 is 14.8 Å². The first kappa shape index (κ1) is 9.58. The Kier molecular flexibility index (Phi) is 5.15. The van der Waals surface area contributed by atoms with Crippen LogP contribution in [0, 0.1) is 0 Å². The smallest absolute Gasteiger partial charge is 0.406 e. The third-order valence-electron chi connectivity index (χ3n) is 0.878. The highest BCUT2D eigenvalue weighted by molar-refractivity contribution is 7.80. The lowest BCUT2D eigenvalue weighted by atomic mass is 10.7. The van der Waals surface area contributed by atoms with Crippen LogP contribution in [0.4, 0.5) is 4.79 Å². The minimum absolute atomic E-state index is 0.279. The summed E-state index contributed by atoms with van der Waals surface area (Å²) in [5.74, 6) is 0. The SMILES string of the molecule is COC(=O)NCC(S)OC.